The third-order valence-corrected chi connectivity index (χ3v) is 3.80. The van der Waals surface area contributed by atoms with Crippen LogP contribution in [0.4, 0.5) is 0 Å². The van der Waals surface area contributed by atoms with Crippen molar-refractivity contribution in [1.82, 2.24) is 10.6 Å². The summed E-state index contributed by atoms with van der Waals surface area (Å²) in [6.45, 7) is 10.1. The van der Waals surface area contributed by atoms with Crippen molar-refractivity contribution in [3.63, 3.8) is 0 Å². The van der Waals surface area contributed by atoms with E-state index >= 15 is 0 Å². The Kier molecular flexibility index (Phi) is 9.75. The minimum atomic E-state index is -0.600. The normalized spacial score (nSPS) is 13.6. The van der Waals surface area contributed by atoms with E-state index < -0.39 is 6.04 Å². The quantitative estimate of drug-likeness (QED) is 0.690. The second kappa shape index (κ2) is 10.4. The molecular weight excluding hydrogens is 338 g/mol. The topological polar surface area (TPSA) is 84.2 Å². The number of carbonyl (C=O) groups is 2. The number of nitrogens with two attached hydrogens (primary N) is 1. The molecule has 0 aliphatic carbocycles. The maximum atomic E-state index is 12.2. The summed E-state index contributed by atoms with van der Waals surface area (Å²) in [5.41, 5.74) is 6.91. The van der Waals surface area contributed by atoms with Gasteiger partial charge in [-0.1, -0.05) is 65.0 Å². The highest BCUT2D eigenvalue weighted by Gasteiger charge is 2.23. The largest absolute Gasteiger partial charge is 0.348 e. The van der Waals surface area contributed by atoms with Gasteiger partial charge in [0.15, 0.2) is 0 Å². The van der Waals surface area contributed by atoms with E-state index in [1.165, 1.54) is 0 Å². The predicted octanol–water partition coefficient (Wildman–Crippen LogP) is 2.80. The second-order valence-electron chi connectivity index (χ2n) is 7.78. The highest BCUT2D eigenvalue weighted by molar-refractivity contribution is 5.87. The van der Waals surface area contributed by atoms with Crippen LogP contribution in [0.25, 0.3) is 0 Å². The van der Waals surface area contributed by atoms with Crippen LogP contribution in [0, 0.1) is 11.3 Å². The molecule has 5 nitrogen and oxygen atoms in total. The molecule has 0 radical (unpaired) electrons. The van der Waals surface area contributed by atoms with E-state index in [2.05, 4.69) is 31.4 Å². The van der Waals surface area contributed by atoms with Gasteiger partial charge in [0, 0.05) is 0 Å². The number of nitrogens with one attached hydrogen (secondary N) is 2. The molecule has 25 heavy (non-hydrogen) atoms. The average molecular weight is 370 g/mol. The molecule has 0 fully saturated rings. The fourth-order valence-electron chi connectivity index (χ4n) is 2.38. The van der Waals surface area contributed by atoms with Gasteiger partial charge in [0.2, 0.25) is 11.8 Å². The lowest BCUT2D eigenvalue weighted by atomic mass is 9.85. The van der Waals surface area contributed by atoms with E-state index in [0.29, 0.717) is 0 Å². The zero-order valence-electron chi connectivity index (χ0n) is 15.8. The molecule has 0 saturated heterocycles. The van der Waals surface area contributed by atoms with Gasteiger partial charge >= 0.3 is 0 Å². The molecule has 2 atom stereocenters. The van der Waals surface area contributed by atoms with E-state index in [4.69, 9.17) is 5.73 Å². The van der Waals surface area contributed by atoms with Crippen molar-refractivity contribution in [2.24, 2.45) is 17.1 Å². The number of carbonyl (C=O) groups excluding carboxylic acids is 2. The smallest absolute Gasteiger partial charge is 0.239 e. The third-order valence-electron chi connectivity index (χ3n) is 3.80. The van der Waals surface area contributed by atoms with Gasteiger partial charge in [-0.05, 0) is 23.3 Å². The molecule has 0 spiro atoms. The first-order valence-electron chi connectivity index (χ1n) is 8.48. The van der Waals surface area contributed by atoms with Crippen LogP contribution in [0.1, 0.15) is 52.6 Å². The molecule has 1 rings (SSSR count). The first-order chi connectivity index (χ1) is 11.1. The van der Waals surface area contributed by atoms with E-state index in [9.17, 15) is 9.59 Å². The van der Waals surface area contributed by atoms with Crippen LogP contribution in [0.2, 0.25) is 0 Å². The van der Waals surface area contributed by atoms with Crippen molar-refractivity contribution in [3.8, 4) is 0 Å². The summed E-state index contributed by atoms with van der Waals surface area (Å²) in [4.78, 5) is 24.1. The number of halogens is 1. The van der Waals surface area contributed by atoms with Crippen LogP contribution < -0.4 is 16.4 Å². The molecule has 1 aromatic carbocycles. The Labute approximate surface area is 157 Å². The molecule has 1 aromatic rings. The van der Waals surface area contributed by atoms with Crippen molar-refractivity contribution in [2.45, 2.75) is 53.1 Å². The van der Waals surface area contributed by atoms with Gasteiger partial charge in [0.05, 0.1) is 18.6 Å². The standard InChI is InChI=1S/C19H31N3O2.ClH/c1-13(2)17(20)18(24)21-12-16(23)22-15(11-19(3,4)5)14-9-7-6-8-10-14;/h6-10,13,15,17H,11-12,20H2,1-5H3,(H,21,24)(H,22,23);1H/t15?,17-;/m0./s1. The van der Waals surface area contributed by atoms with Crippen LogP contribution in [0.15, 0.2) is 30.3 Å². The Morgan fingerprint density at radius 1 is 1.12 bits per heavy atom. The van der Waals surface area contributed by atoms with Gasteiger partial charge in [-0.3, -0.25) is 9.59 Å². The van der Waals surface area contributed by atoms with Crippen molar-refractivity contribution in [2.75, 3.05) is 6.54 Å². The first kappa shape index (κ1) is 23.4. The van der Waals surface area contributed by atoms with Crippen molar-refractivity contribution in [3.05, 3.63) is 35.9 Å². The number of benzene rings is 1. The van der Waals surface area contributed by atoms with Gasteiger partial charge in [-0.15, -0.1) is 12.4 Å². The first-order valence-corrected chi connectivity index (χ1v) is 8.48. The Balaban J connectivity index is 0.00000576. The Morgan fingerprint density at radius 2 is 1.68 bits per heavy atom. The van der Waals surface area contributed by atoms with Crippen LogP contribution >= 0.6 is 12.4 Å². The lowest BCUT2D eigenvalue weighted by molar-refractivity contribution is -0.127. The maximum Gasteiger partial charge on any atom is 0.239 e. The molecule has 0 aliphatic heterocycles. The van der Waals surface area contributed by atoms with Crippen LogP contribution in [-0.2, 0) is 9.59 Å². The minimum absolute atomic E-state index is 0. The molecule has 0 bridgehead atoms. The number of hydrogen-bond donors (Lipinski definition) is 3. The Hall–Kier alpha value is -1.59. The molecule has 0 heterocycles. The van der Waals surface area contributed by atoms with Crippen molar-refractivity contribution < 1.29 is 9.59 Å². The summed E-state index contributed by atoms with van der Waals surface area (Å²) in [6.07, 6.45) is 0.808. The number of hydrogen-bond acceptors (Lipinski definition) is 3. The van der Waals surface area contributed by atoms with Crippen LogP contribution in [0.5, 0.6) is 0 Å². The molecule has 1 unspecified atom stereocenters. The van der Waals surface area contributed by atoms with Crippen molar-refractivity contribution in [1.29, 1.82) is 0 Å². The minimum Gasteiger partial charge on any atom is -0.348 e. The molecule has 2 amide bonds. The summed E-state index contributed by atoms with van der Waals surface area (Å²) in [5.74, 6) is -0.476. The van der Waals surface area contributed by atoms with Crippen LogP contribution in [-0.4, -0.2) is 24.4 Å². The monoisotopic (exact) mass is 369 g/mol. The van der Waals surface area contributed by atoms with Crippen LogP contribution in [0.3, 0.4) is 0 Å². The SMILES string of the molecule is CC(C)[C@H](N)C(=O)NCC(=O)NC(CC(C)(C)C)c1ccccc1.Cl. The van der Waals surface area contributed by atoms with Gasteiger partial charge < -0.3 is 16.4 Å². The molecule has 4 N–H and O–H groups in total. The lowest BCUT2D eigenvalue weighted by Gasteiger charge is -2.27. The fourth-order valence-corrected chi connectivity index (χ4v) is 2.38. The number of rotatable bonds is 7. The molecule has 6 heteroatoms. The molecule has 0 saturated carbocycles. The van der Waals surface area contributed by atoms with Gasteiger partial charge in [-0.2, -0.15) is 0 Å². The highest BCUT2D eigenvalue weighted by Crippen LogP contribution is 2.29. The molecular formula is C19H32ClN3O2. The maximum absolute atomic E-state index is 12.2. The average Bonchev–Trinajstić information content (AvgIpc) is 2.50. The van der Waals surface area contributed by atoms with Gasteiger partial charge in [0.1, 0.15) is 0 Å². The molecule has 0 aromatic heterocycles. The third kappa shape index (κ3) is 8.89. The highest BCUT2D eigenvalue weighted by atomic mass is 35.5. The van der Waals surface area contributed by atoms with Crippen molar-refractivity contribution >= 4 is 24.2 Å². The molecule has 142 valence electrons. The summed E-state index contributed by atoms with van der Waals surface area (Å²) in [5, 5.41) is 5.63. The summed E-state index contributed by atoms with van der Waals surface area (Å²) in [7, 11) is 0. The van der Waals surface area contributed by atoms with E-state index in [-0.39, 0.29) is 48.1 Å². The Morgan fingerprint density at radius 3 is 2.16 bits per heavy atom. The van der Waals surface area contributed by atoms with E-state index in [1.54, 1.807) is 0 Å². The van der Waals surface area contributed by atoms with Gasteiger partial charge in [-0.25, -0.2) is 0 Å². The summed E-state index contributed by atoms with van der Waals surface area (Å²) in [6, 6.07) is 9.19. The summed E-state index contributed by atoms with van der Waals surface area (Å²) >= 11 is 0. The zero-order chi connectivity index (χ0) is 18.3. The number of amides is 2. The van der Waals surface area contributed by atoms with E-state index in [0.717, 1.165) is 12.0 Å². The van der Waals surface area contributed by atoms with E-state index in [1.807, 2.05) is 44.2 Å². The fraction of sp³-hybridized carbons (Fsp3) is 0.579. The van der Waals surface area contributed by atoms with Gasteiger partial charge in [0.25, 0.3) is 0 Å². The zero-order valence-corrected chi connectivity index (χ0v) is 16.7. The summed E-state index contributed by atoms with van der Waals surface area (Å²) < 4.78 is 0. The Bertz CT molecular complexity index is 541. The molecule has 0 aliphatic rings. The predicted molar refractivity (Wildman–Crippen MR) is 104 cm³/mol. The lowest BCUT2D eigenvalue weighted by Crippen LogP contribution is -2.47. The second-order valence-corrected chi connectivity index (χ2v) is 7.78.